The summed E-state index contributed by atoms with van der Waals surface area (Å²) in [5.41, 5.74) is 2.56. The summed E-state index contributed by atoms with van der Waals surface area (Å²) in [6, 6.07) is 14.4. The molecule has 2 amide bonds. The number of hydrogen-bond donors (Lipinski definition) is 2. The second-order valence-corrected chi connectivity index (χ2v) is 6.19. The van der Waals surface area contributed by atoms with Gasteiger partial charge in [-0.1, -0.05) is 31.2 Å². The average molecular weight is 362 g/mol. The first kappa shape index (κ1) is 18.4. The van der Waals surface area contributed by atoms with Gasteiger partial charge in [0.05, 0.1) is 17.6 Å². The van der Waals surface area contributed by atoms with Gasteiger partial charge in [0.25, 0.3) is 11.8 Å². The fraction of sp³-hybridized carbons (Fsp3) is 0.190. The van der Waals surface area contributed by atoms with Crippen LogP contribution in [0.15, 0.2) is 67.3 Å². The van der Waals surface area contributed by atoms with Crippen molar-refractivity contribution in [2.24, 2.45) is 0 Å². The van der Waals surface area contributed by atoms with E-state index in [1.165, 1.54) is 0 Å². The Kier molecular flexibility index (Phi) is 5.99. The zero-order chi connectivity index (χ0) is 19.1. The maximum atomic E-state index is 12.6. The number of hydrogen-bond acceptors (Lipinski definition) is 3. The lowest BCUT2D eigenvalue weighted by Crippen LogP contribution is -2.25. The molecule has 3 aromatic rings. The van der Waals surface area contributed by atoms with Gasteiger partial charge in [-0.05, 0) is 36.2 Å². The highest BCUT2D eigenvalue weighted by molar-refractivity contribution is 6.09. The highest BCUT2D eigenvalue weighted by atomic mass is 16.2. The molecule has 1 heterocycles. The zero-order valence-corrected chi connectivity index (χ0v) is 15.2. The largest absolute Gasteiger partial charge is 0.352 e. The standard InChI is InChI=1S/C21H22N4O2/c1-2-11-23-21(27)18-5-3-4-6-19(18)24-20(26)17-9-7-16(8-10-17)14-25-13-12-22-15-25/h3-10,12-13,15H,2,11,14H2,1H3,(H,23,27)(H,24,26). The van der Waals surface area contributed by atoms with Gasteiger partial charge in [-0.3, -0.25) is 9.59 Å². The maximum absolute atomic E-state index is 12.6. The van der Waals surface area contributed by atoms with Crippen LogP contribution < -0.4 is 10.6 Å². The molecule has 2 aromatic carbocycles. The Morgan fingerprint density at radius 3 is 2.52 bits per heavy atom. The number of para-hydroxylation sites is 1. The number of imidazole rings is 1. The Labute approximate surface area is 158 Å². The Morgan fingerprint density at radius 1 is 1.04 bits per heavy atom. The molecule has 0 radical (unpaired) electrons. The van der Waals surface area contributed by atoms with Crippen molar-refractivity contribution >= 4 is 17.5 Å². The minimum absolute atomic E-state index is 0.191. The number of anilines is 1. The maximum Gasteiger partial charge on any atom is 0.255 e. The third-order valence-electron chi connectivity index (χ3n) is 4.10. The molecule has 1 aromatic heterocycles. The molecule has 0 saturated carbocycles. The van der Waals surface area contributed by atoms with Crippen LogP contribution in [0.5, 0.6) is 0 Å². The van der Waals surface area contributed by atoms with E-state index >= 15 is 0 Å². The third-order valence-corrected chi connectivity index (χ3v) is 4.10. The lowest BCUT2D eigenvalue weighted by Gasteiger charge is -2.11. The Hall–Kier alpha value is -3.41. The molecule has 0 unspecified atom stereocenters. The van der Waals surface area contributed by atoms with Crippen LogP contribution in [0, 0.1) is 0 Å². The summed E-state index contributed by atoms with van der Waals surface area (Å²) in [5.74, 6) is -0.441. The van der Waals surface area contributed by atoms with Crippen molar-refractivity contribution in [2.75, 3.05) is 11.9 Å². The first-order valence-corrected chi connectivity index (χ1v) is 8.90. The lowest BCUT2D eigenvalue weighted by molar-refractivity contribution is 0.0954. The van der Waals surface area contributed by atoms with Crippen LogP contribution in [0.2, 0.25) is 0 Å². The molecule has 3 rings (SSSR count). The van der Waals surface area contributed by atoms with Gasteiger partial charge in [0.2, 0.25) is 0 Å². The van der Waals surface area contributed by atoms with E-state index in [4.69, 9.17) is 0 Å². The molecule has 0 spiro atoms. The summed E-state index contributed by atoms with van der Waals surface area (Å²) in [7, 11) is 0. The van der Waals surface area contributed by atoms with E-state index in [2.05, 4.69) is 15.6 Å². The molecule has 0 fully saturated rings. The van der Waals surface area contributed by atoms with Crippen LogP contribution >= 0.6 is 0 Å². The van der Waals surface area contributed by atoms with E-state index in [0.29, 0.717) is 29.9 Å². The van der Waals surface area contributed by atoms with Crippen LogP contribution in [0.1, 0.15) is 39.6 Å². The summed E-state index contributed by atoms with van der Waals surface area (Å²) in [5, 5.41) is 5.67. The number of rotatable bonds is 7. The summed E-state index contributed by atoms with van der Waals surface area (Å²) in [6.07, 6.45) is 6.23. The number of benzene rings is 2. The zero-order valence-electron chi connectivity index (χ0n) is 15.2. The number of nitrogens with zero attached hydrogens (tertiary/aromatic N) is 2. The molecule has 27 heavy (non-hydrogen) atoms. The van der Waals surface area contributed by atoms with Gasteiger partial charge in [0, 0.05) is 31.0 Å². The molecule has 138 valence electrons. The van der Waals surface area contributed by atoms with E-state index in [-0.39, 0.29) is 11.8 Å². The predicted octanol–water partition coefficient (Wildman–Crippen LogP) is 3.32. The molecule has 0 aliphatic carbocycles. The third kappa shape index (κ3) is 4.82. The summed E-state index contributed by atoms with van der Waals surface area (Å²) < 4.78 is 1.96. The van der Waals surface area contributed by atoms with Crippen molar-refractivity contribution in [3.05, 3.63) is 83.9 Å². The van der Waals surface area contributed by atoms with Crippen molar-refractivity contribution < 1.29 is 9.59 Å². The molecular formula is C21H22N4O2. The van der Waals surface area contributed by atoms with Crippen molar-refractivity contribution in [1.29, 1.82) is 0 Å². The normalized spacial score (nSPS) is 10.4. The number of aromatic nitrogens is 2. The van der Waals surface area contributed by atoms with Gasteiger partial charge in [0.15, 0.2) is 0 Å². The van der Waals surface area contributed by atoms with Gasteiger partial charge < -0.3 is 15.2 Å². The van der Waals surface area contributed by atoms with E-state index in [9.17, 15) is 9.59 Å². The summed E-state index contributed by atoms with van der Waals surface area (Å²) in [6.45, 7) is 3.28. The molecular weight excluding hydrogens is 340 g/mol. The molecule has 6 heteroatoms. The first-order chi connectivity index (χ1) is 13.2. The highest BCUT2D eigenvalue weighted by Gasteiger charge is 2.13. The molecule has 0 aliphatic rings. The lowest BCUT2D eigenvalue weighted by atomic mass is 10.1. The van der Waals surface area contributed by atoms with Crippen LogP contribution in [0.25, 0.3) is 0 Å². The second-order valence-electron chi connectivity index (χ2n) is 6.19. The van der Waals surface area contributed by atoms with Crippen LogP contribution in [0.4, 0.5) is 5.69 Å². The number of carbonyl (C=O) groups excluding carboxylic acids is 2. The second kappa shape index (κ2) is 8.80. The van der Waals surface area contributed by atoms with Crippen molar-refractivity contribution in [3.8, 4) is 0 Å². The molecule has 6 nitrogen and oxygen atoms in total. The van der Waals surface area contributed by atoms with E-state index in [1.807, 2.05) is 29.8 Å². The Bertz CT molecular complexity index is 902. The average Bonchev–Trinajstić information content (AvgIpc) is 3.20. The first-order valence-electron chi connectivity index (χ1n) is 8.90. The SMILES string of the molecule is CCCNC(=O)c1ccccc1NC(=O)c1ccc(Cn2ccnc2)cc1. The highest BCUT2D eigenvalue weighted by Crippen LogP contribution is 2.17. The van der Waals surface area contributed by atoms with Gasteiger partial charge in [0.1, 0.15) is 0 Å². The number of carbonyl (C=O) groups is 2. The van der Waals surface area contributed by atoms with E-state index in [1.54, 1.807) is 48.9 Å². The molecule has 2 N–H and O–H groups in total. The van der Waals surface area contributed by atoms with E-state index < -0.39 is 0 Å². The number of amides is 2. The predicted molar refractivity (Wildman–Crippen MR) is 105 cm³/mol. The fourth-order valence-electron chi connectivity index (χ4n) is 2.67. The van der Waals surface area contributed by atoms with Crippen molar-refractivity contribution in [1.82, 2.24) is 14.9 Å². The van der Waals surface area contributed by atoms with Gasteiger partial charge in [-0.25, -0.2) is 4.98 Å². The number of nitrogens with one attached hydrogen (secondary N) is 2. The van der Waals surface area contributed by atoms with Gasteiger partial charge in [-0.2, -0.15) is 0 Å². The van der Waals surface area contributed by atoms with Crippen molar-refractivity contribution in [3.63, 3.8) is 0 Å². The Balaban J connectivity index is 1.69. The molecule has 0 saturated heterocycles. The van der Waals surface area contributed by atoms with Crippen molar-refractivity contribution in [2.45, 2.75) is 19.9 Å². The smallest absolute Gasteiger partial charge is 0.255 e. The Morgan fingerprint density at radius 2 is 1.81 bits per heavy atom. The molecule has 0 atom stereocenters. The van der Waals surface area contributed by atoms with Crippen LogP contribution in [-0.4, -0.2) is 27.9 Å². The summed E-state index contributed by atoms with van der Waals surface area (Å²) in [4.78, 5) is 28.9. The van der Waals surface area contributed by atoms with Crippen LogP contribution in [0.3, 0.4) is 0 Å². The molecule has 0 aliphatic heterocycles. The van der Waals surface area contributed by atoms with Gasteiger partial charge in [-0.15, -0.1) is 0 Å². The van der Waals surface area contributed by atoms with E-state index in [0.717, 1.165) is 12.0 Å². The van der Waals surface area contributed by atoms with Gasteiger partial charge >= 0.3 is 0 Å². The monoisotopic (exact) mass is 362 g/mol. The molecule has 0 bridgehead atoms. The quantitative estimate of drug-likeness (QED) is 0.677. The topological polar surface area (TPSA) is 76.0 Å². The van der Waals surface area contributed by atoms with Crippen LogP contribution in [-0.2, 0) is 6.54 Å². The minimum Gasteiger partial charge on any atom is -0.352 e. The summed E-state index contributed by atoms with van der Waals surface area (Å²) >= 11 is 0. The fourth-order valence-corrected chi connectivity index (χ4v) is 2.67. The minimum atomic E-state index is -0.250.